The molecule has 0 amide bonds. The van der Waals surface area contributed by atoms with Crippen molar-refractivity contribution in [3.05, 3.63) is 71.3 Å². The fraction of sp³-hybridized carbons (Fsp3) is 0.125. The van der Waals surface area contributed by atoms with E-state index in [0.717, 1.165) is 29.5 Å². The van der Waals surface area contributed by atoms with Crippen LogP contribution in [0.15, 0.2) is 54.6 Å². The Kier molecular flexibility index (Phi) is 2.45. The Hall–Kier alpha value is -2.02. The van der Waals surface area contributed by atoms with E-state index in [1.165, 1.54) is 5.56 Å². The summed E-state index contributed by atoms with van der Waals surface area (Å²) < 4.78 is 0. The molecule has 0 atom stereocenters. The van der Waals surface area contributed by atoms with Gasteiger partial charge in [0.2, 0.25) is 0 Å². The monoisotopic (exact) mass is 222 g/mol. The fourth-order valence-corrected chi connectivity index (χ4v) is 2.43. The van der Waals surface area contributed by atoms with Gasteiger partial charge in [0.1, 0.15) is 5.76 Å². The summed E-state index contributed by atoms with van der Waals surface area (Å²) in [6.45, 7) is 0. The van der Waals surface area contributed by atoms with Crippen molar-refractivity contribution >= 4 is 11.3 Å². The Morgan fingerprint density at radius 3 is 2.29 bits per heavy atom. The number of fused-ring (bicyclic) bond motifs is 1. The van der Waals surface area contributed by atoms with E-state index < -0.39 is 0 Å². The van der Waals surface area contributed by atoms with Crippen molar-refractivity contribution in [3.8, 4) is 0 Å². The van der Waals surface area contributed by atoms with Gasteiger partial charge in [-0.2, -0.15) is 0 Å². The Labute approximate surface area is 101 Å². The van der Waals surface area contributed by atoms with E-state index >= 15 is 0 Å². The first-order valence-corrected chi connectivity index (χ1v) is 5.92. The highest BCUT2D eigenvalue weighted by molar-refractivity contribution is 5.89. The van der Waals surface area contributed by atoms with E-state index in [-0.39, 0.29) is 0 Å². The van der Waals surface area contributed by atoms with E-state index in [2.05, 4.69) is 18.2 Å². The van der Waals surface area contributed by atoms with E-state index in [9.17, 15) is 5.11 Å². The molecule has 1 N–H and O–H groups in total. The van der Waals surface area contributed by atoms with Crippen LogP contribution in [0.2, 0.25) is 0 Å². The summed E-state index contributed by atoms with van der Waals surface area (Å²) in [5, 5.41) is 10.4. The first-order chi connectivity index (χ1) is 8.36. The van der Waals surface area contributed by atoms with Gasteiger partial charge in [0.15, 0.2) is 0 Å². The third kappa shape index (κ3) is 1.74. The van der Waals surface area contributed by atoms with E-state index in [4.69, 9.17) is 0 Å². The molecular formula is C16H14O. The zero-order chi connectivity index (χ0) is 11.7. The van der Waals surface area contributed by atoms with Crippen molar-refractivity contribution in [2.24, 2.45) is 0 Å². The summed E-state index contributed by atoms with van der Waals surface area (Å²) in [4.78, 5) is 0. The highest BCUT2D eigenvalue weighted by Crippen LogP contribution is 2.34. The largest absolute Gasteiger partial charge is 0.507 e. The summed E-state index contributed by atoms with van der Waals surface area (Å²) in [6, 6.07) is 18.2. The maximum absolute atomic E-state index is 10.4. The van der Waals surface area contributed by atoms with Gasteiger partial charge >= 0.3 is 0 Å². The molecule has 17 heavy (non-hydrogen) atoms. The van der Waals surface area contributed by atoms with Crippen LogP contribution < -0.4 is 0 Å². The number of aryl methyl sites for hydroxylation is 1. The fourth-order valence-electron chi connectivity index (χ4n) is 2.43. The van der Waals surface area contributed by atoms with Gasteiger partial charge in [0, 0.05) is 11.1 Å². The molecule has 1 aliphatic rings. The quantitative estimate of drug-likeness (QED) is 0.771. The lowest BCUT2D eigenvalue weighted by Gasteiger charge is -2.19. The molecule has 0 aliphatic heterocycles. The Bertz CT molecular complexity index is 567. The second-order valence-electron chi connectivity index (χ2n) is 4.35. The number of aliphatic hydroxyl groups is 1. The van der Waals surface area contributed by atoms with Crippen molar-refractivity contribution < 1.29 is 5.11 Å². The molecule has 2 aromatic rings. The minimum Gasteiger partial charge on any atom is -0.507 e. The van der Waals surface area contributed by atoms with E-state index in [1.54, 1.807) is 0 Å². The standard InChI is InChI=1S/C16H14O/c17-16-14-9-5-4-8-13(14)10-11-15(16)12-6-2-1-3-7-12/h1-9,17H,10-11H2. The summed E-state index contributed by atoms with van der Waals surface area (Å²) in [5.41, 5.74) is 4.41. The number of hydrogen-bond acceptors (Lipinski definition) is 1. The molecule has 0 radical (unpaired) electrons. The van der Waals surface area contributed by atoms with Gasteiger partial charge in [-0.25, -0.2) is 0 Å². The van der Waals surface area contributed by atoms with Crippen LogP contribution in [-0.4, -0.2) is 5.11 Å². The number of rotatable bonds is 1. The number of allylic oxidation sites excluding steroid dienone is 1. The number of benzene rings is 2. The molecule has 0 fully saturated rings. The van der Waals surface area contributed by atoms with Gasteiger partial charge in [-0.05, 0) is 24.0 Å². The molecule has 2 aromatic carbocycles. The molecular weight excluding hydrogens is 208 g/mol. The molecule has 3 rings (SSSR count). The Balaban J connectivity index is 2.14. The highest BCUT2D eigenvalue weighted by Gasteiger charge is 2.18. The second kappa shape index (κ2) is 4.10. The normalized spacial score (nSPS) is 14.6. The van der Waals surface area contributed by atoms with Crippen LogP contribution in [0.1, 0.15) is 23.1 Å². The number of aliphatic hydroxyl groups excluding tert-OH is 1. The highest BCUT2D eigenvalue weighted by atomic mass is 16.3. The van der Waals surface area contributed by atoms with Crippen molar-refractivity contribution in [3.63, 3.8) is 0 Å². The molecule has 0 unspecified atom stereocenters. The zero-order valence-electron chi connectivity index (χ0n) is 9.56. The molecule has 0 bridgehead atoms. The Morgan fingerprint density at radius 2 is 1.47 bits per heavy atom. The van der Waals surface area contributed by atoms with Gasteiger partial charge < -0.3 is 5.11 Å². The average molecular weight is 222 g/mol. The van der Waals surface area contributed by atoms with Crippen molar-refractivity contribution in [1.29, 1.82) is 0 Å². The van der Waals surface area contributed by atoms with Gasteiger partial charge in [0.25, 0.3) is 0 Å². The maximum Gasteiger partial charge on any atom is 0.126 e. The molecule has 1 heteroatoms. The van der Waals surface area contributed by atoms with Gasteiger partial charge in [0.05, 0.1) is 0 Å². The van der Waals surface area contributed by atoms with Crippen molar-refractivity contribution in [2.45, 2.75) is 12.8 Å². The molecule has 0 heterocycles. The van der Waals surface area contributed by atoms with Crippen LogP contribution in [0.3, 0.4) is 0 Å². The molecule has 0 spiro atoms. The first-order valence-electron chi connectivity index (χ1n) is 5.92. The van der Waals surface area contributed by atoms with E-state index in [1.807, 2.05) is 36.4 Å². The lowest BCUT2D eigenvalue weighted by Crippen LogP contribution is -2.04. The molecule has 84 valence electrons. The molecule has 0 saturated carbocycles. The zero-order valence-corrected chi connectivity index (χ0v) is 9.56. The maximum atomic E-state index is 10.4. The van der Waals surface area contributed by atoms with Gasteiger partial charge in [-0.3, -0.25) is 0 Å². The lowest BCUT2D eigenvalue weighted by molar-refractivity contribution is 0.508. The summed E-state index contributed by atoms with van der Waals surface area (Å²) in [7, 11) is 0. The third-order valence-electron chi connectivity index (χ3n) is 3.32. The summed E-state index contributed by atoms with van der Waals surface area (Å²) in [6.07, 6.45) is 1.91. The predicted molar refractivity (Wildman–Crippen MR) is 70.6 cm³/mol. The first kappa shape index (κ1) is 10.2. The van der Waals surface area contributed by atoms with Crippen molar-refractivity contribution in [1.82, 2.24) is 0 Å². The topological polar surface area (TPSA) is 20.2 Å². The van der Waals surface area contributed by atoms with Gasteiger partial charge in [-0.15, -0.1) is 0 Å². The van der Waals surface area contributed by atoms with Crippen LogP contribution in [0.5, 0.6) is 0 Å². The molecule has 0 saturated heterocycles. The van der Waals surface area contributed by atoms with Gasteiger partial charge in [-0.1, -0.05) is 54.6 Å². The van der Waals surface area contributed by atoms with E-state index in [0.29, 0.717) is 5.76 Å². The Morgan fingerprint density at radius 1 is 0.765 bits per heavy atom. The predicted octanol–water partition coefficient (Wildman–Crippen LogP) is 4.06. The van der Waals surface area contributed by atoms with Crippen LogP contribution >= 0.6 is 0 Å². The summed E-state index contributed by atoms with van der Waals surface area (Å²) in [5.74, 6) is 0.443. The molecule has 0 aromatic heterocycles. The van der Waals surface area contributed by atoms with Crippen molar-refractivity contribution in [2.75, 3.05) is 0 Å². The minimum absolute atomic E-state index is 0.443. The van der Waals surface area contributed by atoms with Crippen LogP contribution in [0.25, 0.3) is 11.3 Å². The third-order valence-corrected chi connectivity index (χ3v) is 3.32. The second-order valence-corrected chi connectivity index (χ2v) is 4.35. The number of hydrogen-bond donors (Lipinski definition) is 1. The average Bonchev–Trinajstić information content (AvgIpc) is 2.40. The SMILES string of the molecule is OC1=C(c2ccccc2)CCc2ccccc21. The minimum atomic E-state index is 0.443. The molecule has 1 aliphatic carbocycles. The smallest absolute Gasteiger partial charge is 0.126 e. The lowest BCUT2D eigenvalue weighted by atomic mass is 9.87. The van der Waals surface area contributed by atoms with Crippen LogP contribution in [-0.2, 0) is 6.42 Å². The van der Waals surface area contributed by atoms with Crippen LogP contribution in [0, 0.1) is 0 Å². The molecule has 1 nitrogen and oxygen atoms in total. The summed E-state index contributed by atoms with van der Waals surface area (Å²) >= 11 is 0. The van der Waals surface area contributed by atoms with Crippen LogP contribution in [0.4, 0.5) is 0 Å².